The van der Waals surface area contributed by atoms with Gasteiger partial charge in [0.1, 0.15) is 17.4 Å². The average molecular weight is 405 g/mol. The lowest BCUT2D eigenvalue weighted by Crippen LogP contribution is -2.26. The zero-order chi connectivity index (χ0) is 20.2. The van der Waals surface area contributed by atoms with Crippen LogP contribution in [0.4, 0.5) is 5.69 Å². The maximum absolute atomic E-state index is 12.9. The van der Waals surface area contributed by atoms with Crippen molar-refractivity contribution in [1.29, 1.82) is 0 Å². The molecular weight excluding hydrogens is 386 g/mol. The molecule has 1 aliphatic rings. The van der Waals surface area contributed by atoms with Gasteiger partial charge in [-0.15, -0.1) is 11.8 Å². The Hall–Kier alpha value is -3.25. The Morgan fingerprint density at radius 1 is 0.931 bits per heavy atom. The fourth-order valence-electron chi connectivity index (χ4n) is 3.32. The van der Waals surface area contributed by atoms with E-state index in [-0.39, 0.29) is 12.5 Å². The largest absolute Gasteiger partial charge is 0.457 e. The van der Waals surface area contributed by atoms with Gasteiger partial charge in [-0.25, -0.2) is 0 Å². The molecule has 6 heteroatoms. The van der Waals surface area contributed by atoms with Gasteiger partial charge in [0.2, 0.25) is 0 Å². The van der Waals surface area contributed by atoms with Gasteiger partial charge in [0, 0.05) is 16.0 Å². The number of ether oxygens (including phenoxy) is 2. The summed E-state index contributed by atoms with van der Waals surface area (Å²) in [6, 6.07) is 22.2. The van der Waals surface area contributed by atoms with E-state index in [4.69, 9.17) is 9.47 Å². The quantitative estimate of drug-likeness (QED) is 0.487. The van der Waals surface area contributed by atoms with Crippen LogP contribution in [-0.4, -0.2) is 24.7 Å². The van der Waals surface area contributed by atoms with E-state index in [9.17, 15) is 9.59 Å². The Morgan fingerprint density at radius 2 is 1.52 bits per heavy atom. The van der Waals surface area contributed by atoms with Crippen molar-refractivity contribution >= 4 is 29.3 Å². The van der Waals surface area contributed by atoms with Crippen molar-refractivity contribution in [3.8, 4) is 11.5 Å². The highest BCUT2D eigenvalue weighted by molar-refractivity contribution is 7.98. The maximum Gasteiger partial charge on any atom is 0.318 e. The third-order valence-electron chi connectivity index (χ3n) is 4.64. The van der Waals surface area contributed by atoms with Gasteiger partial charge in [0.25, 0.3) is 5.91 Å². The van der Waals surface area contributed by atoms with Crippen molar-refractivity contribution in [2.24, 2.45) is 0 Å². The van der Waals surface area contributed by atoms with Gasteiger partial charge in [-0.05, 0) is 30.5 Å². The first kappa shape index (κ1) is 19.1. The van der Waals surface area contributed by atoms with Crippen LogP contribution in [0.2, 0.25) is 0 Å². The molecule has 5 nitrogen and oxygen atoms in total. The summed E-state index contributed by atoms with van der Waals surface area (Å²) >= 11 is 1.53. The summed E-state index contributed by atoms with van der Waals surface area (Å²) in [4.78, 5) is 26.2. The Balaban J connectivity index is 1.50. The number of hydrogen-bond donors (Lipinski definition) is 1. The number of amides is 1. The molecule has 29 heavy (non-hydrogen) atoms. The number of rotatable bonds is 5. The lowest BCUT2D eigenvalue weighted by atomic mass is 9.88. The smallest absolute Gasteiger partial charge is 0.318 e. The summed E-state index contributed by atoms with van der Waals surface area (Å²) in [6.45, 7) is -0.358. The maximum atomic E-state index is 12.9. The minimum absolute atomic E-state index is 0.358. The van der Waals surface area contributed by atoms with Crippen LogP contribution >= 0.6 is 11.8 Å². The van der Waals surface area contributed by atoms with E-state index in [1.807, 2.05) is 79.1 Å². The highest BCUT2D eigenvalue weighted by Crippen LogP contribution is 2.44. The standard InChI is InChI=1S/C23H19NO4S/c1-29-20-13-7-4-10-17(20)24-21(25)14-27-23(26)22-15-8-2-5-11-18(15)28-19-12-6-3-9-16(19)22/h2-13,22H,14H2,1H3,(H,24,25). The van der Waals surface area contributed by atoms with Crippen LogP contribution in [0.1, 0.15) is 17.0 Å². The summed E-state index contributed by atoms with van der Waals surface area (Å²) in [6.07, 6.45) is 1.94. The van der Waals surface area contributed by atoms with Crippen molar-refractivity contribution in [3.05, 3.63) is 83.9 Å². The number of fused-ring (bicyclic) bond motifs is 2. The van der Waals surface area contributed by atoms with Crippen LogP contribution in [0, 0.1) is 0 Å². The van der Waals surface area contributed by atoms with Crippen molar-refractivity contribution in [2.45, 2.75) is 10.8 Å². The van der Waals surface area contributed by atoms with Gasteiger partial charge in [-0.2, -0.15) is 0 Å². The predicted molar refractivity (Wildman–Crippen MR) is 113 cm³/mol. The minimum atomic E-state index is -0.637. The van der Waals surface area contributed by atoms with Crippen molar-refractivity contribution in [3.63, 3.8) is 0 Å². The molecule has 0 spiro atoms. The van der Waals surface area contributed by atoms with Gasteiger partial charge in [0.15, 0.2) is 6.61 Å². The molecule has 1 heterocycles. The summed E-state index contributed by atoms with van der Waals surface area (Å²) in [7, 11) is 0. The second-order valence-electron chi connectivity index (χ2n) is 6.47. The molecule has 0 radical (unpaired) electrons. The monoisotopic (exact) mass is 405 g/mol. The Labute approximate surface area is 173 Å². The fourth-order valence-corrected chi connectivity index (χ4v) is 3.87. The highest BCUT2D eigenvalue weighted by atomic mass is 32.2. The van der Waals surface area contributed by atoms with E-state index in [2.05, 4.69) is 5.32 Å². The molecule has 0 aromatic heterocycles. The first-order valence-electron chi connectivity index (χ1n) is 9.12. The zero-order valence-corrected chi connectivity index (χ0v) is 16.6. The van der Waals surface area contributed by atoms with E-state index in [0.29, 0.717) is 17.2 Å². The van der Waals surface area contributed by atoms with E-state index in [1.54, 1.807) is 0 Å². The highest BCUT2D eigenvalue weighted by Gasteiger charge is 2.33. The Bertz CT molecular complexity index is 1020. The van der Waals surface area contributed by atoms with Gasteiger partial charge < -0.3 is 14.8 Å². The third-order valence-corrected chi connectivity index (χ3v) is 5.44. The summed E-state index contributed by atoms with van der Waals surface area (Å²) in [5.74, 6) is -0.268. The molecular formula is C23H19NO4S. The second-order valence-corrected chi connectivity index (χ2v) is 7.31. The lowest BCUT2D eigenvalue weighted by Gasteiger charge is -2.26. The minimum Gasteiger partial charge on any atom is -0.457 e. The molecule has 4 rings (SSSR count). The molecule has 1 N–H and O–H groups in total. The van der Waals surface area contributed by atoms with Gasteiger partial charge in [0.05, 0.1) is 5.69 Å². The molecule has 0 aliphatic carbocycles. The van der Waals surface area contributed by atoms with Gasteiger partial charge in [-0.1, -0.05) is 48.5 Å². The number of esters is 1. The SMILES string of the molecule is CSc1ccccc1NC(=O)COC(=O)C1c2ccccc2Oc2ccccc21. The summed E-state index contributed by atoms with van der Waals surface area (Å²) in [5.41, 5.74) is 2.15. The van der Waals surface area contributed by atoms with Crippen LogP contribution in [-0.2, 0) is 14.3 Å². The molecule has 0 unspecified atom stereocenters. The molecule has 1 amide bonds. The predicted octanol–water partition coefficient (Wildman–Crippen LogP) is 4.83. The molecule has 0 fully saturated rings. The van der Waals surface area contributed by atoms with Crippen LogP contribution in [0.5, 0.6) is 11.5 Å². The number of anilines is 1. The number of nitrogens with one attached hydrogen (secondary N) is 1. The first-order chi connectivity index (χ1) is 14.2. The second kappa shape index (κ2) is 8.41. The van der Waals surface area contributed by atoms with Crippen molar-refractivity contribution in [1.82, 2.24) is 0 Å². The van der Waals surface area contributed by atoms with Gasteiger partial charge >= 0.3 is 5.97 Å². The Morgan fingerprint density at radius 3 is 2.17 bits per heavy atom. The van der Waals surface area contributed by atoms with Crippen LogP contribution in [0.15, 0.2) is 77.7 Å². The van der Waals surface area contributed by atoms with E-state index < -0.39 is 11.9 Å². The molecule has 0 atom stereocenters. The molecule has 3 aromatic carbocycles. The van der Waals surface area contributed by atoms with Crippen LogP contribution in [0.25, 0.3) is 0 Å². The van der Waals surface area contributed by atoms with Crippen molar-refractivity contribution < 1.29 is 19.1 Å². The molecule has 0 bridgehead atoms. The summed E-state index contributed by atoms with van der Waals surface area (Å²) in [5, 5.41) is 2.80. The topological polar surface area (TPSA) is 64.6 Å². The number of para-hydroxylation sites is 3. The lowest BCUT2D eigenvalue weighted by molar-refractivity contribution is -0.148. The van der Waals surface area contributed by atoms with E-state index in [1.165, 1.54) is 11.8 Å². The number of carbonyl (C=O) groups is 2. The third kappa shape index (κ3) is 3.98. The molecule has 146 valence electrons. The fraction of sp³-hybridized carbons (Fsp3) is 0.130. The van der Waals surface area contributed by atoms with Crippen LogP contribution < -0.4 is 10.1 Å². The number of carbonyl (C=O) groups excluding carboxylic acids is 2. The summed E-state index contributed by atoms with van der Waals surface area (Å²) < 4.78 is 11.3. The van der Waals surface area contributed by atoms with E-state index >= 15 is 0 Å². The molecule has 0 saturated heterocycles. The average Bonchev–Trinajstić information content (AvgIpc) is 2.76. The number of benzene rings is 3. The van der Waals surface area contributed by atoms with E-state index in [0.717, 1.165) is 16.0 Å². The molecule has 3 aromatic rings. The Kier molecular flexibility index (Phi) is 5.53. The molecule has 1 aliphatic heterocycles. The normalized spacial score (nSPS) is 12.3. The van der Waals surface area contributed by atoms with Crippen LogP contribution in [0.3, 0.4) is 0 Å². The molecule has 0 saturated carbocycles. The number of thioether (sulfide) groups is 1. The van der Waals surface area contributed by atoms with Crippen molar-refractivity contribution in [2.75, 3.05) is 18.2 Å². The van der Waals surface area contributed by atoms with Gasteiger partial charge in [-0.3, -0.25) is 9.59 Å². The number of hydrogen-bond acceptors (Lipinski definition) is 5. The first-order valence-corrected chi connectivity index (χ1v) is 10.3. The zero-order valence-electron chi connectivity index (χ0n) is 15.8.